The molecule has 158 valence electrons. The highest BCUT2D eigenvalue weighted by atomic mass is 19.1. The summed E-state index contributed by atoms with van der Waals surface area (Å²) in [7, 11) is 0. The highest BCUT2D eigenvalue weighted by molar-refractivity contribution is 5.96. The van der Waals surface area contributed by atoms with Crippen LogP contribution in [0.1, 0.15) is 22.0 Å². The molecule has 31 heavy (non-hydrogen) atoms. The maximum absolute atomic E-state index is 13.2. The zero-order valence-electron chi connectivity index (χ0n) is 17.1. The number of nitrogens with one attached hydrogen (secondary N) is 1. The van der Waals surface area contributed by atoms with E-state index in [0.717, 1.165) is 5.56 Å². The molecule has 1 fully saturated rings. The van der Waals surface area contributed by atoms with Gasteiger partial charge in [-0.3, -0.25) is 14.5 Å². The largest absolute Gasteiger partial charge is 0.336 e. The monoisotopic (exact) mass is 417 g/mol. The van der Waals surface area contributed by atoms with Crippen molar-refractivity contribution in [1.82, 2.24) is 9.80 Å². The van der Waals surface area contributed by atoms with E-state index in [-0.39, 0.29) is 17.6 Å². The summed E-state index contributed by atoms with van der Waals surface area (Å²) in [6.45, 7) is 2.24. The minimum Gasteiger partial charge on any atom is -0.336 e. The maximum atomic E-state index is 13.2. The normalized spacial score (nSPS) is 15.3. The van der Waals surface area contributed by atoms with Gasteiger partial charge < -0.3 is 10.2 Å². The van der Waals surface area contributed by atoms with Crippen LogP contribution >= 0.6 is 0 Å². The first-order valence-electron chi connectivity index (χ1n) is 10.3. The summed E-state index contributed by atoms with van der Waals surface area (Å²) >= 11 is 0. The number of carbonyl (C=O) groups excluding carboxylic acids is 2. The van der Waals surface area contributed by atoms with E-state index >= 15 is 0 Å². The van der Waals surface area contributed by atoms with Crippen molar-refractivity contribution in [3.63, 3.8) is 0 Å². The molecular formula is C25H24FN3O2. The van der Waals surface area contributed by atoms with Crippen molar-refractivity contribution in [3.8, 4) is 0 Å². The average Bonchev–Trinajstić information content (AvgIpc) is 2.82. The van der Waals surface area contributed by atoms with E-state index < -0.39 is 6.04 Å². The molecule has 1 N–H and O–H groups in total. The molecule has 0 saturated carbocycles. The summed E-state index contributed by atoms with van der Waals surface area (Å²) in [6.07, 6.45) is 0. The molecule has 3 aromatic carbocycles. The molecule has 6 heteroatoms. The van der Waals surface area contributed by atoms with E-state index in [4.69, 9.17) is 0 Å². The molecule has 5 nitrogen and oxygen atoms in total. The van der Waals surface area contributed by atoms with Gasteiger partial charge in [0.15, 0.2) is 0 Å². The van der Waals surface area contributed by atoms with Gasteiger partial charge in [0.1, 0.15) is 11.9 Å². The topological polar surface area (TPSA) is 52.7 Å². The molecule has 0 aromatic heterocycles. The zero-order valence-corrected chi connectivity index (χ0v) is 17.1. The second kappa shape index (κ2) is 9.53. The van der Waals surface area contributed by atoms with E-state index in [0.29, 0.717) is 37.4 Å². The fraction of sp³-hybridized carbons (Fsp3) is 0.200. The van der Waals surface area contributed by atoms with Crippen molar-refractivity contribution < 1.29 is 14.0 Å². The fourth-order valence-electron chi connectivity index (χ4n) is 3.85. The summed E-state index contributed by atoms with van der Waals surface area (Å²) in [6, 6.07) is 24.0. The van der Waals surface area contributed by atoms with Gasteiger partial charge >= 0.3 is 0 Å². The van der Waals surface area contributed by atoms with E-state index in [1.807, 2.05) is 65.6 Å². The Bertz CT molecular complexity index is 1020. The van der Waals surface area contributed by atoms with Crippen LogP contribution in [0.15, 0.2) is 84.9 Å². The van der Waals surface area contributed by atoms with Crippen molar-refractivity contribution in [2.45, 2.75) is 6.04 Å². The van der Waals surface area contributed by atoms with Crippen molar-refractivity contribution in [1.29, 1.82) is 0 Å². The summed E-state index contributed by atoms with van der Waals surface area (Å²) in [4.78, 5) is 29.9. The molecule has 1 saturated heterocycles. The van der Waals surface area contributed by atoms with Crippen LogP contribution in [0.25, 0.3) is 0 Å². The highest BCUT2D eigenvalue weighted by Crippen LogP contribution is 2.25. The number of anilines is 1. The number of benzene rings is 3. The van der Waals surface area contributed by atoms with Crippen molar-refractivity contribution in [3.05, 3.63) is 102 Å². The minimum absolute atomic E-state index is 0.00674. The minimum atomic E-state index is -0.500. The number of nitrogens with zero attached hydrogens (tertiary/aromatic N) is 2. The van der Waals surface area contributed by atoms with Crippen LogP contribution in [0.5, 0.6) is 0 Å². The molecule has 1 aliphatic rings. The molecular weight excluding hydrogens is 393 g/mol. The molecule has 1 atom stereocenters. The third kappa shape index (κ3) is 4.98. The number of halogens is 1. The Morgan fingerprint density at radius 3 is 1.97 bits per heavy atom. The SMILES string of the molecule is O=C(Nc1ccc(F)cc1)[C@H](c1ccccc1)N1CCN(C(=O)c2ccccc2)CC1. The van der Waals surface area contributed by atoms with Gasteiger partial charge in [0.25, 0.3) is 5.91 Å². The van der Waals surface area contributed by atoms with E-state index in [1.165, 1.54) is 12.1 Å². The first-order chi connectivity index (χ1) is 15.1. The number of hydrogen-bond acceptors (Lipinski definition) is 3. The first kappa shape index (κ1) is 20.8. The highest BCUT2D eigenvalue weighted by Gasteiger charge is 2.32. The van der Waals surface area contributed by atoms with Gasteiger partial charge in [-0.05, 0) is 42.0 Å². The summed E-state index contributed by atoms with van der Waals surface area (Å²) < 4.78 is 13.2. The third-order valence-corrected chi connectivity index (χ3v) is 5.46. The molecule has 0 spiro atoms. The summed E-state index contributed by atoms with van der Waals surface area (Å²) in [5, 5.41) is 2.90. The standard InChI is InChI=1S/C25H24FN3O2/c26-21-11-13-22(14-12-21)27-24(30)23(19-7-3-1-4-8-19)28-15-17-29(18-16-28)25(31)20-9-5-2-6-10-20/h1-14,23H,15-18H2,(H,27,30)/t23-/m0/s1. The summed E-state index contributed by atoms with van der Waals surface area (Å²) in [5.41, 5.74) is 2.10. The lowest BCUT2D eigenvalue weighted by atomic mass is 10.0. The lowest BCUT2D eigenvalue weighted by Gasteiger charge is -2.38. The smallest absolute Gasteiger partial charge is 0.253 e. The molecule has 1 heterocycles. The van der Waals surface area contributed by atoms with Crippen molar-refractivity contribution >= 4 is 17.5 Å². The van der Waals surface area contributed by atoms with E-state index in [1.54, 1.807) is 12.1 Å². The van der Waals surface area contributed by atoms with Gasteiger partial charge in [0.2, 0.25) is 5.91 Å². The van der Waals surface area contributed by atoms with Gasteiger partial charge in [-0.25, -0.2) is 4.39 Å². The van der Waals surface area contributed by atoms with Gasteiger partial charge in [0, 0.05) is 37.4 Å². The molecule has 1 aliphatic heterocycles. The Balaban J connectivity index is 1.48. The predicted octanol–water partition coefficient (Wildman–Crippen LogP) is 3.96. The Morgan fingerprint density at radius 2 is 1.35 bits per heavy atom. The molecule has 2 amide bonds. The van der Waals surface area contributed by atoms with Gasteiger partial charge in [-0.1, -0.05) is 48.5 Å². The fourth-order valence-corrected chi connectivity index (χ4v) is 3.85. The number of rotatable bonds is 5. The zero-order chi connectivity index (χ0) is 21.6. The Hall–Kier alpha value is -3.51. The Labute approximate surface area is 181 Å². The van der Waals surface area contributed by atoms with Gasteiger partial charge in [-0.2, -0.15) is 0 Å². The van der Waals surface area contributed by atoms with Crippen LogP contribution < -0.4 is 5.32 Å². The van der Waals surface area contributed by atoms with Crippen LogP contribution in [0.4, 0.5) is 10.1 Å². The Kier molecular flexibility index (Phi) is 6.38. The lowest BCUT2D eigenvalue weighted by Crippen LogP contribution is -2.51. The second-order valence-corrected chi connectivity index (χ2v) is 7.50. The number of hydrogen-bond donors (Lipinski definition) is 1. The molecule has 0 radical (unpaired) electrons. The van der Waals surface area contributed by atoms with E-state index in [9.17, 15) is 14.0 Å². The molecule has 4 rings (SSSR count). The van der Waals surface area contributed by atoms with Crippen molar-refractivity contribution in [2.24, 2.45) is 0 Å². The van der Waals surface area contributed by atoms with Crippen LogP contribution in [0, 0.1) is 5.82 Å². The molecule has 3 aromatic rings. The lowest BCUT2D eigenvalue weighted by molar-refractivity contribution is -0.122. The first-order valence-corrected chi connectivity index (χ1v) is 10.3. The van der Waals surface area contributed by atoms with Crippen LogP contribution in [-0.2, 0) is 4.79 Å². The number of carbonyl (C=O) groups is 2. The van der Waals surface area contributed by atoms with Gasteiger partial charge in [0.05, 0.1) is 0 Å². The second-order valence-electron chi connectivity index (χ2n) is 7.50. The van der Waals surface area contributed by atoms with Crippen LogP contribution in [0.3, 0.4) is 0 Å². The molecule has 0 bridgehead atoms. The molecule has 0 unspecified atom stereocenters. The average molecular weight is 417 g/mol. The molecule has 0 aliphatic carbocycles. The van der Waals surface area contributed by atoms with Crippen molar-refractivity contribution in [2.75, 3.05) is 31.5 Å². The van der Waals surface area contributed by atoms with Crippen LogP contribution in [-0.4, -0.2) is 47.8 Å². The number of piperazine rings is 1. The van der Waals surface area contributed by atoms with E-state index in [2.05, 4.69) is 10.2 Å². The Morgan fingerprint density at radius 1 is 0.774 bits per heavy atom. The quantitative estimate of drug-likeness (QED) is 0.684. The number of amides is 2. The maximum Gasteiger partial charge on any atom is 0.253 e. The summed E-state index contributed by atoms with van der Waals surface area (Å²) in [5.74, 6) is -0.523. The third-order valence-electron chi connectivity index (χ3n) is 5.46. The van der Waals surface area contributed by atoms with Gasteiger partial charge in [-0.15, -0.1) is 0 Å². The van der Waals surface area contributed by atoms with Crippen LogP contribution in [0.2, 0.25) is 0 Å². The predicted molar refractivity (Wildman–Crippen MR) is 118 cm³/mol.